The lowest BCUT2D eigenvalue weighted by Crippen LogP contribution is -2.35. The molecule has 2 N–H and O–H groups in total. The number of alkyl carbamates (subject to hydrolysis) is 1. The lowest BCUT2D eigenvalue weighted by molar-refractivity contribution is 0.0728. The summed E-state index contributed by atoms with van der Waals surface area (Å²) in [6.45, 7) is 3.26. The Bertz CT molecular complexity index is 915. The first-order valence-corrected chi connectivity index (χ1v) is 10.9. The molecule has 0 atom stereocenters. The molecule has 0 bridgehead atoms. The second-order valence-electron chi connectivity index (χ2n) is 6.31. The van der Waals surface area contributed by atoms with Crippen LogP contribution in [0.3, 0.4) is 0 Å². The number of amides is 4. The third-order valence-electron chi connectivity index (χ3n) is 4.31. The molecule has 29 heavy (non-hydrogen) atoms. The van der Waals surface area contributed by atoms with E-state index in [4.69, 9.17) is 0 Å². The minimum absolute atomic E-state index is 0.0561. The molecule has 154 valence electrons. The summed E-state index contributed by atoms with van der Waals surface area (Å²) in [4.78, 5) is 51.5. The van der Waals surface area contributed by atoms with Gasteiger partial charge in [-0.1, -0.05) is 0 Å². The molecule has 0 spiro atoms. The van der Waals surface area contributed by atoms with Crippen molar-refractivity contribution in [2.75, 3.05) is 25.0 Å². The summed E-state index contributed by atoms with van der Waals surface area (Å²) < 4.78 is 4.69. The number of carbonyl (C=O) groups is 4. The molecular weight excluding hydrogens is 414 g/mol. The maximum atomic E-state index is 12.6. The molecule has 0 aliphatic carbocycles. The number of hydrogen-bond acceptors (Lipinski definition) is 7. The van der Waals surface area contributed by atoms with Crippen LogP contribution in [0, 0.1) is 0 Å². The summed E-state index contributed by atoms with van der Waals surface area (Å²) in [5, 5.41) is 6.72. The van der Waals surface area contributed by atoms with Crippen molar-refractivity contribution in [2.24, 2.45) is 0 Å². The molecule has 4 amide bonds. The number of imide groups is 1. The van der Waals surface area contributed by atoms with E-state index in [1.54, 1.807) is 24.4 Å². The fraction of sp³-hybridized carbons (Fsp3) is 0.368. The van der Waals surface area contributed by atoms with E-state index in [-0.39, 0.29) is 18.1 Å². The van der Waals surface area contributed by atoms with Gasteiger partial charge >= 0.3 is 6.09 Å². The third kappa shape index (κ3) is 5.21. The van der Waals surface area contributed by atoms with E-state index in [0.29, 0.717) is 14.8 Å². The van der Waals surface area contributed by atoms with Gasteiger partial charge < -0.3 is 15.0 Å². The summed E-state index contributed by atoms with van der Waals surface area (Å²) in [5.74, 6) is -1.13. The molecule has 1 aliphatic heterocycles. The van der Waals surface area contributed by atoms with Gasteiger partial charge in [0.15, 0.2) is 0 Å². The number of nitrogens with one attached hydrogen (secondary N) is 2. The SMILES string of the molecule is CCOC(=O)NC(=O)c1ccsc1NC(=O)c1ccc(C(=O)N2CCCCC2)s1. The molecule has 10 heteroatoms. The summed E-state index contributed by atoms with van der Waals surface area (Å²) in [6.07, 6.45) is 2.29. The van der Waals surface area contributed by atoms with Crippen molar-refractivity contribution < 1.29 is 23.9 Å². The Hall–Kier alpha value is -2.72. The number of hydrogen-bond donors (Lipinski definition) is 2. The molecule has 1 aliphatic rings. The standard InChI is InChI=1S/C19H21N3O5S2/c1-2-27-19(26)21-15(23)12-8-11-28-17(12)20-16(24)13-6-7-14(29-13)18(25)22-9-4-3-5-10-22/h6-8,11H,2-5,9-10H2,1H3,(H,20,24)(H,21,23,26). The van der Waals surface area contributed by atoms with Gasteiger partial charge in [0.2, 0.25) is 0 Å². The van der Waals surface area contributed by atoms with E-state index < -0.39 is 17.9 Å². The first-order chi connectivity index (χ1) is 14.0. The van der Waals surface area contributed by atoms with E-state index in [2.05, 4.69) is 15.4 Å². The van der Waals surface area contributed by atoms with Gasteiger partial charge in [0.05, 0.1) is 21.9 Å². The molecule has 8 nitrogen and oxygen atoms in total. The van der Waals surface area contributed by atoms with Gasteiger partial charge in [0, 0.05) is 13.1 Å². The van der Waals surface area contributed by atoms with Crippen molar-refractivity contribution in [1.29, 1.82) is 0 Å². The van der Waals surface area contributed by atoms with E-state index in [1.165, 1.54) is 6.07 Å². The van der Waals surface area contributed by atoms with Gasteiger partial charge in [-0.25, -0.2) is 4.79 Å². The predicted molar refractivity (Wildman–Crippen MR) is 111 cm³/mol. The zero-order valence-corrected chi connectivity index (χ0v) is 17.5. The monoisotopic (exact) mass is 435 g/mol. The van der Waals surface area contributed by atoms with Gasteiger partial charge in [-0.2, -0.15) is 0 Å². The number of anilines is 1. The molecule has 0 aromatic carbocycles. The topological polar surface area (TPSA) is 105 Å². The highest BCUT2D eigenvalue weighted by Gasteiger charge is 2.22. The normalized spacial score (nSPS) is 13.6. The number of thiophene rings is 2. The zero-order chi connectivity index (χ0) is 20.8. The van der Waals surface area contributed by atoms with E-state index >= 15 is 0 Å². The third-order valence-corrected chi connectivity index (χ3v) is 6.21. The molecular formula is C19H21N3O5S2. The Balaban J connectivity index is 1.65. The van der Waals surface area contributed by atoms with E-state index in [9.17, 15) is 19.2 Å². The van der Waals surface area contributed by atoms with Crippen molar-refractivity contribution in [3.05, 3.63) is 38.9 Å². The van der Waals surface area contributed by atoms with Crippen LogP contribution in [0.4, 0.5) is 9.80 Å². The fourth-order valence-electron chi connectivity index (χ4n) is 2.90. The minimum atomic E-state index is -0.847. The van der Waals surface area contributed by atoms with Crippen LogP contribution in [0.1, 0.15) is 55.9 Å². The first-order valence-electron chi connectivity index (χ1n) is 9.25. The van der Waals surface area contributed by atoms with Gasteiger partial charge in [-0.05, 0) is 49.8 Å². The van der Waals surface area contributed by atoms with Crippen LogP contribution in [-0.4, -0.2) is 48.4 Å². The summed E-state index contributed by atoms with van der Waals surface area (Å²) in [5.41, 5.74) is 0.164. The van der Waals surface area contributed by atoms with Crippen molar-refractivity contribution in [3.63, 3.8) is 0 Å². The maximum absolute atomic E-state index is 12.6. The van der Waals surface area contributed by atoms with Crippen LogP contribution >= 0.6 is 22.7 Å². The zero-order valence-electron chi connectivity index (χ0n) is 15.9. The molecule has 2 aromatic heterocycles. The Morgan fingerprint density at radius 1 is 1.03 bits per heavy atom. The average molecular weight is 436 g/mol. The second kappa shape index (κ2) is 9.66. The largest absolute Gasteiger partial charge is 0.450 e. The van der Waals surface area contributed by atoms with Gasteiger partial charge in [0.25, 0.3) is 17.7 Å². The van der Waals surface area contributed by atoms with Crippen LogP contribution in [0.15, 0.2) is 23.6 Å². The Kier molecular flexibility index (Phi) is 6.99. The first kappa shape index (κ1) is 21.0. The van der Waals surface area contributed by atoms with Crippen LogP contribution in [-0.2, 0) is 4.74 Å². The highest BCUT2D eigenvalue weighted by atomic mass is 32.1. The number of likely N-dealkylation sites (tertiary alicyclic amines) is 1. The molecule has 0 radical (unpaired) electrons. The lowest BCUT2D eigenvalue weighted by atomic mass is 10.1. The maximum Gasteiger partial charge on any atom is 0.414 e. The van der Waals surface area contributed by atoms with E-state index in [0.717, 1.165) is 55.0 Å². The minimum Gasteiger partial charge on any atom is -0.450 e. The highest BCUT2D eigenvalue weighted by molar-refractivity contribution is 7.16. The van der Waals surface area contributed by atoms with Crippen LogP contribution in [0.2, 0.25) is 0 Å². The summed E-state index contributed by atoms with van der Waals surface area (Å²) in [6, 6.07) is 4.76. The van der Waals surface area contributed by atoms with Crippen LogP contribution in [0.5, 0.6) is 0 Å². The average Bonchev–Trinajstić information content (AvgIpc) is 3.38. The van der Waals surface area contributed by atoms with E-state index in [1.807, 2.05) is 4.90 Å². The summed E-state index contributed by atoms with van der Waals surface area (Å²) in [7, 11) is 0. The molecule has 3 heterocycles. The fourth-order valence-corrected chi connectivity index (χ4v) is 4.55. The number of piperidine rings is 1. The summed E-state index contributed by atoms with van der Waals surface area (Å²) >= 11 is 2.28. The number of carbonyl (C=O) groups excluding carboxylic acids is 4. The Morgan fingerprint density at radius 2 is 1.76 bits per heavy atom. The molecule has 3 rings (SSSR count). The highest BCUT2D eigenvalue weighted by Crippen LogP contribution is 2.26. The number of nitrogens with zero attached hydrogens (tertiary/aromatic N) is 1. The van der Waals surface area contributed by atoms with Gasteiger partial charge in [-0.3, -0.25) is 19.7 Å². The predicted octanol–water partition coefficient (Wildman–Crippen LogP) is 3.57. The lowest BCUT2D eigenvalue weighted by Gasteiger charge is -2.26. The van der Waals surface area contributed by atoms with Crippen molar-refractivity contribution in [2.45, 2.75) is 26.2 Å². The number of ether oxygens (including phenoxy) is 1. The Morgan fingerprint density at radius 3 is 2.48 bits per heavy atom. The molecule has 0 saturated carbocycles. The smallest absolute Gasteiger partial charge is 0.414 e. The van der Waals surface area contributed by atoms with Crippen molar-refractivity contribution in [3.8, 4) is 0 Å². The van der Waals surface area contributed by atoms with Crippen LogP contribution < -0.4 is 10.6 Å². The second-order valence-corrected chi connectivity index (χ2v) is 8.31. The quantitative estimate of drug-likeness (QED) is 0.747. The molecule has 2 aromatic rings. The molecule has 1 saturated heterocycles. The van der Waals surface area contributed by atoms with Gasteiger partial charge in [-0.15, -0.1) is 22.7 Å². The van der Waals surface area contributed by atoms with Crippen molar-refractivity contribution >= 4 is 51.5 Å². The van der Waals surface area contributed by atoms with Gasteiger partial charge in [0.1, 0.15) is 5.00 Å². The van der Waals surface area contributed by atoms with Crippen molar-refractivity contribution in [1.82, 2.24) is 10.2 Å². The van der Waals surface area contributed by atoms with Crippen LogP contribution in [0.25, 0.3) is 0 Å². The molecule has 0 unspecified atom stereocenters. The molecule has 1 fully saturated rings. The Labute approximate surface area is 175 Å². The number of rotatable bonds is 5.